The Morgan fingerprint density at radius 2 is 2.15 bits per heavy atom. The van der Waals surface area contributed by atoms with Gasteiger partial charge in [0.1, 0.15) is 5.82 Å². The third kappa shape index (κ3) is 3.47. The van der Waals surface area contributed by atoms with Crippen molar-refractivity contribution < 1.29 is 9.53 Å². The number of imidazole rings is 1. The molecule has 7 nitrogen and oxygen atoms in total. The molecule has 0 bridgehead atoms. The highest BCUT2D eigenvalue weighted by atomic mass is 16.5. The first-order chi connectivity index (χ1) is 13.0. The molecule has 0 unspecified atom stereocenters. The smallest absolute Gasteiger partial charge is 0.274 e. The number of aromatic amines is 2. The molecule has 1 amide bonds. The van der Waals surface area contributed by atoms with Crippen LogP contribution in [-0.4, -0.2) is 50.7 Å². The highest BCUT2D eigenvalue weighted by molar-refractivity contribution is 5.94. The van der Waals surface area contributed by atoms with Crippen molar-refractivity contribution in [2.75, 3.05) is 13.6 Å². The Labute approximate surface area is 158 Å². The lowest BCUT2D eigenvalue weighted by molar-refractivity contribution is -0.00701. The number of hydrogen-bond donors (Lipinski definition) is 2. The van der Waals surface area contributed by atoms with Crippen LogP contribution in [0, 0.1) is 0 Å². The van der Waals surface area contributed by atoms with E-state index in [-0.39, 0.29) is 18.1 Å². The summed E-state index contributed by atoms with van der Waals surface area (Å²) in [6.07, 6.45) is 2.38. The molecule has 1 aromatic carbocycles. The van der Waals surface area contributed by atoms with Crippen LogP contribution in [0.3, 0.4) is 0 Å². The topological polar surface area (TPSA) is 86.9 Å². The van der Waals surface area contributed by atoms with Crippen LogP contribution >= 0.6 is 0 Å². The van der Waals surface area contributed by atoms with Gasteiger partial charge >= 0.3 is 0 Å². The van der Waals surface area contributed by atoms with Gasteiger partial charge < -0.3 is 14.6 Å². The van der Waals surface area contributed by atoms with Gasteiger partial charge in [-0.15, -0.1) is 0 Å². The average molecular weight is 367 g/mol. The van der Waals surface area contributed by atoms with E-state index >= 15 is 0 Å². The van der Waals surface area contributed by atoms with Crippen LogP contribution in [0.1, 0.15) is 53.9 Å². The average Bonchev–Trinajstić information content (AvgIpc) is 3.24. The molecule has 0 radical (unpaired) electrons. The first kappa shape index (κ1) is 17.7. The van der Waals surface area contributed by atoms with Crippen molar-refractivity contribution in [3.63, 3.8) is 0 Å². The van der Waals surface area contributed by atoms with Crippen molar-refractivity contribution in [1.82, 2.24) is 25.1 Å². The van der Waals surface area contributed by atoms with Gasteiger partial charge in [-0.05, 0) is 32.4 Å². The molecule has 3 aromatic rings. The van der Waals surface area contributed by atoms with Crippen LogP contribution in [0.15, 0.2) is 24.3 Å². The molecule has 0 fully saturated rings. The molecule has 1 aliphatic rings. The maximum atomic E-state index is 12.9. The van der Waals surface area contributed by atoms with Gasteiger partial charge in [0.2, 0.25) is 0 Å². The molecule has 0 saturated heterocycles. The van der Waals surface area contributed by atoms with E-state index < -0.39 is 0 Å². The quantitative estimate of drug-likeness (QED) is 0.726. The number of fused-ring (bicyclic) bond motifs is 2. The molecular weight excluding hydrogens is 342 g/mol. The lowest BCUT2D eigenvalue weighted by atomic mass is 9.99. The maximum absolute atomic E-state index is 12.9. The van der Waals surface area contributed by atoms with E-state index in [9.17, 15) is 4.79 Å². The summed E-state index contributed by atoms with van der Waals surface area (Å²) in [5, 5.41) is 7.28. The standard InChI is InChI=1S/C20H25N5O2/c1-12-11-14-18(13(2)27-12)23-24-19(14)20(26)25(3)10-6-9-17-21-15-7-4-5-8-16(15)22-17/h4-5,7-8,12-13H,6,9-11H2,1-3H3,(H,21,22)(H,23,24)/t12-,13+/m1/s1. The van der Waals surface area contributed by atoms with E-state index in [1.807, 2.05) is 45.2 Å². The third-order valence-electron chi connectivity index (χ3n) is 5.13. The number of aromatic nitrogens is 4. The number of nitrogens with zero attached hydrogens (tertiary/aromatic N) is 3. The first-order valence-corrected chi connectivity index (χ1v) is 9.44. The number of carbonyl (C=O) groups excluding carboxylic acids is 1. The molecule has 0 spiro atoms. The van der Waals surface area contributed by atoms with Gasteiger partial charge in [-0.1, -0.05) is 12.1 Å². The number of amides is 1. The molecule has 142 valence electrons. The van der Waals surface area contributed by atoms with Crippen molar-refractivity contribution in [2.45, 2.75) is 45.3 Å². The molecule has 7 heteroatoms. The number of carbonyl (C=O) groups is 1. The minimum absolute atomic E-state index is 0.0431. The zero-order chi connectivity index (χ0) is 19.0. The summed E-state index contributed by atoms with van der Waals surface area (Å²) >= 11 is 0. The van der Waals surface area contributed by atoms with E-state index in [1.54, 1.807) is 4.90 Å². The summed E-state index contributed by atoms with van der Waals surface area (Å²) in [5.41, 5.74) is 4.47. The number of rotatable bonds is 5. The number of nitrogens with one attached hydrogen (secondary N) is 2. The molecule has 27 heavy (non-hydrogen) atoms. The largest absolute Gasteiger partial charge is 0.369 e. The lowest BCUT2D eigenvalue weighted by Crippen LogP contribution is -2.30. The summed E-state index contributed by atoms with van der Waals surface area (Å²) in [5.74, 6) is 0.910. The number of H-pyrrole nitrogens is 2. The number of aryl methyl sites for hydroxylation is 1. The van der Waals surface area contributed by atoms with Crippen molar-refractivity contribution in [3.05, 3.63) is 47.0 Å². The predicted molar refractivity (Wildman–Crippen MR) is 103 cm³/mol. The molecule has 0 saturated carbocycles. The minimum Gasteiger partial charge on any atom is -0.369 e. The normalized spacial score (nSPS) is 19.2. The van der Waals surface area contributed by atoms with Crippen LogP contribution < -0.4 is 0 Å². The summed E-state index contributed by atoms with van der Waals surface area (Å²) in [6, 6.07) is 8.00. The van der Waals surface area contributed by atoms with E-state index in [2.05, 4.69) is 20.2 Å². The third-order valence-corrected chi connectivity index (χ3v) is 5.13. The summed E-state index contributed by atoms with van der Waals surface area (Å²) < 4.78 is 5.80. The van der Waals surface area contributed by atoms with Gasteiger partial charge in [-0.2, -0.15) is 5.10 Å². The highest BCUT2D eigenvalue weighted by Gasteiger charge is 2.30. The second kappa shape index (κ2) is 7.15. The van der Waals surface area contributed by atoms with E-state index in [0.717, 1.165) is 41.0 Å². The summed E-state index contributed by atoms with van der Waals surface area (Å²) in [4.78, 5) is 22.5. The fourth-order valence-electron chi connectivity index (χ4n) is 3.74. The molecule has 0 aliphatic carbocycles. The maximum Gasteiger partial charge on any atom is 0.274 e. The van der Waals surface area contributed by atoms with Crippen LogP contribution in [0.4, 0.5) is 0 Å². The Morgan fingerprint density at radius 3 is 2.96 bits per heavy atom. The highest BCUT2D eigenvalue weighted by Crippen LogP contribution is 2.30. The Morgan fingerprint density at radius 1 is 1.33 bits per heavy atom. The minimum atomic E-state index is -0.0591. The second-order valence-electron chi connectivity index (χ2n) is 7.29. The van der Waals surface area contributed by atoms with Gasteiger partial charge in [0.25, 0.3) is 5.91 Å². The number of hydrogen-bond acceptors (Lipinski definition) is 4. The Bertz CT molecular complexity index is 927. The van der Waals surface area contributed by atoms with Crippen molar-refractivity contribution in [1.29, 1.82) is 0 Å². The fourth-order valence-corrected chi connectivity index (χ4v) is 3.74. The van der Waals surface area contributed by atoms with Gasteiger partial charge in [0, 0.05) is 32.0 Å². The van der Waals surface area contributed by atoms with E-state index in [4.69, 9.17) is 4.74 Å². The molecule has 1 aliphatic heterocycles. The predicted octanol–water partition coefficient (Wildman–Crippen LogP) is 3.01. The van der Waals surface area contributed by atoms with Gasteiger partial charge in [0.05, 0.1) is 28.9 Å². The number of para-hydroxylation sites is 2. The Balaban J connectivity index is 1.38. The summed E-state index contributed by atoms with van der Waals surface area (Å²) in [6.45, 7) is 4.66. The van der Waals surface area contributed by atoms with Crippen LogP contribution in [0.25, 0.3) is 11.0 Å². The zero-order valence-corrected chi connectivity index (χ0v) is 16.0. The molecule has 2 atom stereocenters. The Hall–Kier alpha value is -2.67. The first-order valence-electron chi connectivity index (χ1n) is 9.44. The molecule has 2 N–H and O–H groups in total. The fraction of sp³-hybridized carbons (Fsp3) is 0.450. The number of benzene rings is 1. The van der Waals surface area contributed by atoms with E-state index in [0.29, 0.717) is 18.7 Å². The molecule has 3 heterocycles. The Kier molecular flexibility index (Phi) is 4.70. The molecule has 2 aromatic heterocycles. The van der Waals surface area contributed by atoms with Crippen LogP contribution in [0.2, 0.25) is 0 Å². The van der Waals surface area contributed by atoms with Gasteiger partial charge in [0.15, 0.2) is 5.69 Å². The molecular formula is C20H25N5O2. The van der Waals surface area contributed by atoms with Crippen LogP contribution in [-0.2, 0) is 17.6 Å². The van der Waals surface area contributed by atoms with Crippen molar-refractivity contribution in [2.24, 2.45) is 0 Å². The second-order valence-corrected chi connectivity index (χ2v) is 7.29. The van der Waals surface area contributed by atoms with Gasteiger partial charge in [-0.3, -0.25) is 9.89 Å². The van der Waals surface area contributed by atoms with Crippen molar-refractivity contribution >= 4 is 16.9 Å². The summed E-state index contributed by atoms with van der Waals surface area (Å²) in [7, 11) is 1.83. The SMILES string of the molecule is C[C@@H]1Cc2c(C(=O)N(C)CCCc3nc4ccccc4[nH]3)n[nH]c2[C@H](C)O1. The van der Waals surface area contributed by atoms with Gasteiger partial charge in [-0.25, -0.2) is 4.98 Å². The lowest BCUT2D eigenvalue weighted by Gasteiger charge is -2.25. The van der Waals surface area contributed by atoms with Crippen LogP contribution in [0.5, 0.6) is 0 Å². The zero-order valence-electron chi connectivity index (χ0n) is 16.0. The van der Waals surface area contributed by atoms with Crippen molar-refractivity contribution in [3.8, 4) is 0 Å². The number of ether oxygens (including phenoxy) is 1. The monoisotopic (exact) mass is 367 g/mol. The van der Waals surface area contributed by atoms with E-state index in [1.165, 1.54) is 0 Å². The molecule has 4 rings (SSSR count).